The Balaban J connectivity index is 1.66. The summed E-state index contributed by atoms with van der Waals surface area (Å²) in [5.41, 5.74) is 0. The van der Waals surface area contributed by atoms with E-state index in [0.29, 0.717) is 0 Å². The average Bonchev–Trinajstić information content (AvgIpc) is 2.40. The van der Waals surface area contributed by atoms with Gasteiger partial charge in [-0.25, -0.2) is 0 Å². The highest BCUT2D eigenvalue weighted by molar-refractivity contribution is 4.79. The highest BCUT2D eigenvalue weighted by Gasteiger charge is 2.25. The predicted molar refractivity (Wildman–Crippen MR) is 78.8 cm³/mol. The Morgan fingerprint density at radius 2 is 1.44 bits per heavy atom. The maximum Gasteiger partial charge on any atom is 0.00106 e. The lowest BCUT2D eigenvalue weighted by atomic mass is 9.86. The molecule has 0 spiro atoms. The van der Waals surface area contributed by atoms with Gasteiger partial charge in [-0.05, 0) is 76.2 Å². The topological polar surface area (TPSA) is 6.48 Å². The number of hydrogen-bond acceptors (Lipinski definition) is 2. The summed E-state index contributed by atoms with van der Waals surface area (Å²) < 4.78 is 0. The Hall–Kier alpha value is -0.0800. The molecule has 0 aromatic rings. The summed E-state index contributed by atoms with van der Waals surface area (Å²) in [6.07, 6.45) is 5.73. The van der Waals surface area contributed by atoms with Gasteiger partial charge < -0.3 is 9.80 Å². The summed E-state index contributed by atoms with van der Waals surface area (Å²) in [6, 6.07) is 0. The molecule has 0 aromatic carbocycles. The lowest BCUT2D eigenvalue weighted by Gasteiger charge is -2.38. The van der Waals surface area contributed by atoms with Gasteiger partial charge in [-0.15, -0.1) is 0 Å². The molecule has 0 bridgehead atoms. The molecule has 2 nitrogen and oxygen atoms in total. The molecule has 0 aliphatic carbocycles. The van der Waals surface area contributed by atoms with Gasteiger partial charge in [-0.1, -0.05) is 20.8 Å². The molecule has 2 saturated heterocycles. The first-order valence-corrected chi connectivity index (χ1v) is 8.13. The third-order valence-electron chi connectivity index (χ3n) is 5.25. The van der Waals surface area contributed by atoms with Crippen molar-refractivity contribution in [3.63, 3.8) is 0 Å². The smallest absolute Gasteiger partial charge is 0.00106 e. The fourth-order valence-corrected chi connectivity index (χ4v) is 3.65. The quantitative estimate of drug-likeness (QED) is 0.758. The molecule has 0 N–H and O–H groups in total. The zero-order valence-electron chi connectivity index (χ0n) is 12.7. The SMILES string of the molecule is CCN1CCC(CN2CCC(C(C)C)CC2)CC1. The van der Waals surface area contributed by atoms with Crippen molar-refractivity contribution >= 4 is 0 Å². The minimum Gasteiger partial charge on any atom is -0.304 e. The second-order valence-electron chi connectivity index (χ2n) is 6.76. The van der Waals surface area contributed by atoms with Gasteiger partial charge in [0.1, 0.15) is 0 Å². The predicted octanol–water partition coefficient (Wildman–Crippen LogP) is 3.09. The monoisotopic (exact) mass is 252 g/mol. The molecule has 18 heavy (non-hydrogen) atoms. The van der Waals surface area contributed by atoms with Crippen LogP contribution in [-0.4, -0.2) is 49.1 Å². The van der Waals surface area contributed by atoms with Gasteiger partial charge in [0.15, 0.2) is 0 Å². The molecule has 0 saturated carbocycles. The number of likely N-dealkylation sites (tertiary alicyclic amines) is 2. The van der Waals surface area contributed by atoms with Gasteiger partial charge in [0.2, 0.25) is 0 Å². The number of hydrogen-bond donors (Lipinski definition) is 0. The van der Waals surface area contributed by atoms with Gasteiger partial charge in [0.25, 0.3) is 0 Å². The summed E-state index contributed by atoms with van der Waals surface area (Å²) in [5.74, 6) is 2.85. The van der Waals surface area contributed by atoms with E-state index in [-0.39, 0.29) is 0 Å². The highest BCUT2D eigenvalue weighted by atomic mass is 15.1. The lowest BCUT2D eigenvalue weighted by Crippen LogP contribution is -2.42. The van der Waals surface area contributed by atoms with Crippen molar-refractivity contribution in [1.82, 2.24) is 9.80 Å². The van der Waals surface area contributed by atoms with Crippen LogP contribution in [0.4, 0.5) is 0 Å². The molecule has 106 valence electrons. The van der Waals surface area contributed by atoms with Crippen molar-refractivity contribution in [2.75, 3.05) is 39.3 Å². The highest BCUT2D eigenvalue weighted by Crippen LogP contribution is 2.26. The normalized spacial score (nSPS) is 26.0. The van der Waals surface area contributed by atoms with Crippen LogP contribution in [0.25, 0.3) is 0 Å². The third-order valence-corrected chi connectivity index (χ3v) is 5.25. The molecule has 2 fully saturated rings. The lowest BCUT2D eigenvalue weighted by molar-refractivity contribution is 0.109. The minimum absolute atomic E-state index is 0.889. The van der Waals surface area contributed by atoms with Crippen LogP contribution < -0.4 is 0 Å². The van der Waals surface area contributed by atoms with Gasteiger partial charge in [0, 0.05) is 6.54 Å². The zero-order valence-corrected chi connectivity index (χ0v) is 12.7. The zero-order chi connectivity index (χ0) is 13.0. The molecule has 2 aliphatic rings. The van der Waals surface area contributed by atoms with E-state index in [9.17, 15) is 0 Å². The molecule has 2 rings (SSSR count). The van der Waals surface area contributed by atoms with Crippen molar-refractivity contribution in [1.29, 1.82) is 0 Å². The maximum absolute atomic E-state index is 2.74. The number of rotatable bonds is 4. The van der Waals surface area contributed by atoms with E-state index < -0.39 is 0 Å². The van der Waals surface area contributed by atoms with E-state index in [0.717, 1.165) is 17.8 Å². The molecule has 0 amide bonds. The fraction of sp³-hybridized carbons (Fsp3) is 1.00. The standard InChI is InChI=1S/C16H32N2/c1-4-17-9-5-15(6-10-17)13-18-11-7-16(8-12-18)14(2)3/h14-16H,4-13H2,1-3H3. The van der Waals surface area contributed by atoms with Crippen LogP contribution in [0.5, 0.6) is 0 Å². The Bertz CT molecular complexity index is 223. The van der Waals surface area contributed by atoms with Gasteiger partial charge in [-0.2, -0.15) is 0 Å². The van der Waals surface area contributed by atoms with Crippen LogP contribution in [0.3, 0.4) is 0 Å². The van der Waals surface area contributed by atoms with E-state index in [2.05, 4.69) is 30.6 Å². The number of nitrogens with zero attached hydrogens (tertiary/aromatic N) is 2. The molecule has 2 aliphatic heterocycles. The molecule has 0 aromatic heterocycles. The van der Waals surface area contributed by atoms with E-state index >= 15 is 0 Å². The Morgan fingerprint density at radius 1 is 0.889 bits per heavy atom. The molecule has 0 unspecified atom stereocenters. The van der Waals surface area contributed by atoms with Crippen molar-refractivity contribution in [3.05, 3.63) is 0 Å². The second kappa shape index (κ2) is 6.91. The Labute approximate surface area is 114 Å². The first-order valence-electron chi connectivity index (χ1n) is 8.13. The van der Waals surface area contributed by atoms with Crippen LogP contribution in [0.2, 0.25) is 0 Å². The summed E-state index contributed by atoms with van der Waals surface area (Å²) in [7, 11) is 0. The Morgan fingerprint density at radius 3 is 1.94 bits per heavy atom. The molecule has 2 heteroatoms. The Kier molecular flexibility index (Phi) is 5.50. The summed E-state index contributed by atoms with van der Waals surface area (Å²) >= 11 is 0. The van der Waals surface area contributed by atoms with E-state index in [1.807, 2.05) is 0 Å². The van der Waals surface area contributed by atoms with Crippen LogP contribution in [0, 0.1) is 17.8 Å². The van der Waals surface area contributed by atoms with Gasteiger partial charge in [0.05, 0.1) is 0 Å². The van der Waals surface area contributed by atoms with E-state index in [4.69, 9.17) is 0 Å². The fourth-order valence-electron chi connectivity index (χ4n) is 3.65. The third kappa shape index (κ3) is 3.96. The van der Waals surface area contributed by atoms with Crippen molar-refractivity contribution in [3.8, 4) is 0 Å². The van der Waals surface area contributed by atoms with Crippen LogP contribution in [-0.2, 0) is 0 Å². The van der Waals surface area contributed by atoms with Crippen molar-refractivity contribution < 1.29 is 0 Å². The molecule has 0 radical (unpaired) electrons. The van der Waals surface area contributed by atoms with E-state index in [1.54, 1.807) is 0 Å². The van der Waals surface area contributed by atoms with Crippen molar-refractivity contribution in [2.24, 2.45) is 17.8 Å². The van der Waals surface area contributed by atoms with E-state index in [1.165, 1.54) is 65.0 Å². The van der Waals surface area contributed by atoms with Crippen molar-refractivity contribution in [2.45, 2.75) is 46.5 Å². The average molecular weight is 252 g/mol. The molecular weight excluding hydrogens is 220 g/mol. The van der Waals surface area contributed by atoms with Crippen LogP contribution >= 0.6 is 0 Å². The molecule has 0 atom stereocenters. The second-order valence-corrected chi connectivity index (χ2v) is 6.76. The molecular formula is C16H32N2. The summed E-state index contributed by atoms with van der Waals surface area (Å²) in [6.45, 7) is 15.1. The summed E-state index contributed by atoms with van der Waals surface area (Å²) in [4.78, 5) is 5.34. The minimum atomic E-state index is 0.889. The maximum atomic E-state index is 2.74. The van der Waals surface area contributed by atoms with Gasteiger partial charge in [-0.3, -0.25) is 0 Å². The first-order chi connectivity index (χ1) is 8.69. The number of piperidine rings is 2. The largest absolute Gasteiger partial charge is 0.304 e. The van der Waals surface area contributed by atoms with Gasteiger partial charge >= 0.3 is 0 Å². The summed E-state index contributed by atoms with van der Waals surface area (Å²) in [5, 5.41) is 0. The first kappa shape index (κ1) is 14.3. The van der Waals surface area contributed by atoms with Crippen LogP contribution in [0.1, 0.15) is 46.5 Å². The van der Waals surface area contributed by atoms with Crippen LogP contribution in [0.15, 0.2) is 0 Å². The molecule has 2 heterocycles.